The lowest BCUT2D eigenvalue weighted by Gasteiger charge is -1.99. The summed E-state index contributed by atoms with van der Waals surface area (Å²) in [5.74, 6) is -0.186. The summed E-state index contributed by atoms with van der Waals surface area (Å²) in [5.41, 5.74) is 1.07. The van der Waals surface area contributed by atoms with Crippen molar-refractivity contribution < 1.29 is 9.18 Å². The van der Waals surface area contributed by atoms with Gasteiger partial charge in [0.2, 0.25) is 0 Å². The molecule has 1 heterocycles. The second kappa shape index (κ2) is 3.67. The van der Waals surface area contributed by atoms with Crippen LogP contribution in [0, 0.1) is 5.82 Å². The molecule has 0 bridgehead atoms. The molecule has 0 aliphatic heterocycles. The van der Waals surface area contributed by atoms with Gasteiger partial charge in [-0.2, -0.15) is 0 Å². The van der Waals surface area contributed by atoms with Gasteiger partial charge in [-0.15, -0.1) is 22.9 Å². The van der Waals surface area contributed by atoms with Crippen LogP contribution in [0.5, 0.6) is 0 Å². The van der Waals surface area contributed by atoms with Gasteiger partial charge in [0.15, 0.2) is 6.29 Å². The zero-order chi connectivity index (χ0) is 10.1. The third kappa shape index (κ3) is 1.33. The summed E-state index contributed by atoms with van der Waals surface area (Å²) in [6.07, 6.45) is 0.773. The smallest absolute Gasteiger partial charge is 0.151 e. The Kier molecular flexibility index (Phi) is 2.52. The lowest BCUT2D eigenvalue weighted by molar-refractivity contribution is 0.112. The van der Waals surface area contributed by atoms with Crippen LogP contribution in [-0.2, 0) is 5.88 Å². The molecule has 0 spiro atoms. The van der Waals surface area contributed by atoms with E-state index < -0.39 is 0 Å². The zero-order valence-corrected chi connectivity index (χ0v) is 8.66. The number of halogens is 2. The van der Waals surface area contributed by atoms with Crippen molar-refractivity contribution in [3.63, 3.8) is 0 Å². The number of thiophene rings is 1. The molecule has 0 saturated carbocycles. The second-order valence-electron chi connectivity index (χ2n) is 2.85. The molecule has 0 saturated heterocycles. The molecule has 2 rings (SSSR count). The van der Waals surface area contributed by atoms with Crippen molar-refractivity contribution in [2.75, 3.05) is 0 Å². The van der Waals surface area contributed by atoms with E-state index in [1.165, 1.54) is 17.4 Å². The van der Waals surface area contributed by atoms with E-state index in [-0.39, 0.29) is 11.7 Å². The van der Waals surface area contributed by atoms with Gasteiger partial charge in [0.25, 0.3) is 0 Å². The van der Waals surface area contributed by atoms with E-state index in [4.69, 9.17) is 11.6 Å². The molecule has 4 heteroatoms. The number of hydrogen-bond donors (Lipinski definition) is 0. The molecule has 72 valence electrons. The van der Waals surface area contributed by atoms with Crippen molar-refractivity contribution in [2.45, 2.75) is 5.88 Å². The largest absolute Gasteiger partial charge is 0.298 e. The Bertz CT molecular complexity index is 492. The average Bonchev–Trinajstić information content (AvgIpc) is 2.60. The van der Waals surface area contributed by atoms with Crippen molar-refractivity contribution in [2.24, 2.45) is 0 Å². The minimum atomic E-state index is -0.313. The van der Waals surface area contributed by atoms with Crippen LogP contribution in [0.4, 0.5) is 4.39 Å². The van der Waals surface area contributed by atoms with Crippen molar-refractivity contribution >= 4 is 39.3 Å². The van der Waals surface area contributed by atoms with Gasteiger partial charge < -0.3 is 0 Å². The van der Waals surface area contributed by atoms with E-state index in [9.17, 15) is 9.18 Å². The van der Waals surface area contributed by atoms with Crippen LogP contribution >= 0.6 is 22.9 Å². The number of carbonyl (C=O) groups excluding carboxylic acids is 1. The molecule has 1 aromatic heterocycles. The molecular formula is C10H6ClFOS. The van der Waals surface area contributed by atoms with Crippen molar-refractivity contribution in [1.29, 1.82) is 0 Å². The van der Waals surface area contributed by atoms with Crippen LogP contribution in [0.2, 0.25) is 0 Å². The number of benzene rings is 1. The third-order valence-electron chi connectivity index (χ3n) is 2.08. The van der Waals surface area contributed by atoms with Gasteiger partial charge in [-0.25, -0.2) is 4.39 Å². The van der Waals surface area contributed by atoms with Crippen molar-refractivity contribution in [1.82, 2.24) is 0 Å². The molecule has 0 aliphatic carbocycles. The normalized spacial score (nSPS) is 10.7. The van der Waals surface area contributed by atoms with Crippen LogP contribution in [-0.4, -0.2) is 6.29 Å². The molecular weight excluding hydrogens is 223 g/mol. The summed E-state index contributed by atoms with van der Waals surface area (Å²) >= 11 is 6.99. The monoisotopic (exact) mass is 228 g/mol. The van der Waals surface area contributed by atoms with Gasteiger partial charge in [-0.05, 0) is 12.1 Å². The number of hydrogen-bond acceptors (Lipinski definition) is 2. The molecule has 0 N–H and O–H groups in total. The Hall–Kier alpha value is -0.930. The molecule has 0 radical (unpaired) electrons. The second-order valence-corrected chi connectivity index (χ2v) is 3.99. The van der Waals surface area contributed by atoms with E-state index >= 15 is 0 Å². The van der Waals surface area contributed by atoms with Gasteiger partial charge in [0, 0.05) is 26.6 Å². The Morgan fingerprint density at radius 2 is 2.29 bits per heavy atom. The lowest BCUT2D eigenvalue weighted by Crippen LogP contribution is -1.86. The highest BCUT2D eigenvalue weighted by Gasteiger charge is 2.10. The summed E-state index contributed by atoms with van der Waals surface area (Å²) in [4.78, 5) is 10.6. The summed E-state index contributed by atoms with van der Waals surface area (Å²) in [7, 11) is 0. The number of fused-ring (bicyclic) bond motifs is 1. The minimum Gasteiger partial charge on any atom is -0.298 e. The van der Waals surface area contributed by atoms with Crippen LogP contribution < -0.4 is 0 Å². The molecule has 1 aromatic carbocycles. The standard InChI is InChI=1S/C10H6ClFOS/c11-3-8-9(12)2-1-7-6(4-13)5-14-10(7)8/h1-2,4-5H,3H2. The Labute approximate surface area is 89.1 Å². The predicted molar refractivity (Wildman–Crippen MR) is 56.7 cm³/mol. The van der Waals surface area contributed by atoms with Crippen LogP contribution in [0.3, 0.4) is 0 Å². The molecule has 14 heavy (non-hydrogen) atoms. The summed E-state index contributed by atoms with van der Waals surface area (Å²) in [6.45, 7) is 0. The van der Waals surface area contributed by atoms with E-state index in [2.05, 4.69) is 0 Å². The van der Waals surface area contributed by atoms with Crippen LogP contribution in [0.15, 0.2) is 17.5 Å². The maximum absolute atomic E-state index is 13.3. The van der Waals surface area contributed by atoms with E-state index in [0.717, 1.165) is 16.4 Å². The molecule has 1 nitrogen and oxygen atoms in total. The third-order valence-corrected chi connectivity index (χ3v) is 3.42. The van der Waals surface area contributed by atoms with E-state index in [1.807, 2.05) is 0 Å². The fraction of sp³-hybridized carbons (Fsp3) is 0.100. The lowest BCUT2D eigenvalue weighted by atomic mass is 10.1. The first kappa shape index (κ1) is 9.62. The van der Waals surface area contributed by atoms with Gasteiger partial charge in [0.1, 0.15) is 5.82 Å². The van der Waals surface area contributed by atoms with Crippen molar-refractivity contribution in [3.8, 4) is 0 Å². The van der Waals surface area contributed by atoms with E-state index in [0.29, 0.717) is 11.1 Å². The predicted octanol–water partition coefficient (Wildman–Crippen LogP) is 3.59. The minimum absolute atomic E-state index is 0.127. The first-order valence-electron chi connectivity index (χ1n) is 3.97. The number of rotatable bonds is 2. The number of carbonyl (C=O) groups is 1. The first-order chi connectivity index (χ1) is 6.77. The average molecular weight is 229 g/mol. The summed E-state index contributed by atoms with van der Waals surface area (Å²) < 4.78 is 14.0. The molecule has 0 aliphatic rings. The van der Waals surface area contributed by atoms with E-state index in [1.54, 1.807) is 11.4 Å². The van der Waals surface area contributed by atoms with Gasteiger partial charge in [-0.1, -0.05) is 0 Å². The number of aldehydes is 1. The molecule has 0 amide bonds. The highest BCUT2D eigenvalue weighted by Crippen LogP contribution is 2.30. The quantitative estimate of drug-likeness (QED) is 0.567. The molecule has 0 atom stereocenters. The van der Waals surface area contributed by atoms with Gasteiger partial charge in [-0.3, -0.25) is 4.79 Å². The highest BCUT2D eigenvalue weighted by molar-refractivity contribution is 7.17. The van der Waals surface area contributed by atoms with Gasteiger partial charge >= 0.3 is 0 Å². The summed E-state index contributed by atoms with van der Waals surface area (Å²) in [5, 5.41) is 2.50. The fourth-order valence-corrected chi connectivity index (χ4v) is 2.76. The molecule has 2 aromatic rings. The zero-order valence-electron chi connectivity index (χ0n) is 7.09. The maximum Gasteiger partial charge on any atom is 0.151 e. The topological polar surface area (TPSA) is 17.1 Å². The van der Waals surface area contributed by atoms with Crippen LogP contribution in [0.25, 0.3) is 10.1 Å². The molecule has 0 fully saturated rings. The highest BCUT2D eigenvalue weighted by atomic mass is 35.5. The Balaban J connectivity index is 2.83. The van der Waals surface area contributed by atoms with Crippen LogP contribution in [0.1, 0.15) is 15.9 Å². The number of alkyl halides is 1. The maximum atomic E-state index is 13.3. The van der Waals surface area contributed by atoms with Crippen molar-refractivity contribution in [3.05, 3.63) is 34.5 Å². The first-order valence-corrected chi connectivity index (χ1v) is 5.39. The fourth-order valence-electron chi connectivity index (χ4n) is 1.37. The van der Waals surface area contributed by atoms with Gasteiger partial charge in [0.05, 0.1) is 5.88 Å². The Morgan fingerprint density at radius 1 is 1.50 bits per heavy atom. The Morgan fingerprint density at radius 3 is 2.93 bits per heavy atom. The molecule has 0 unspecified atom stereocenters. The summed E-state index contributed by atoms with van der Waals surface area (Å²) in [6, 6.07) is 2.96. The SMILES string of the molecule is O=Cc1csc2c(CCl)c(F)ccc12.